The van der Waals surface area contributed by atoms with Crippen LogP contribution in [0.1, 0.15) is 29.0 Å². The molecule has 22 heavy (non-hydrogen) atoms. The van der Waals surface area contributed by atoms with Crippen LogP contribution < -0.4 is 10.9 Å². The number of fused-ring (bicyclic) bond motifs is 1. The van der Waals surface area contributed by atoms with Crippen LogP contribution in [-0.2, 0) is 0 Å². The van der Waals surface area contributed by atoms with E-state index in [9.17, 15) is 9.59 Å². The van der Waals surface area contributed by atoms with E-state index in [1.165, 1.54) is 0 Å². The predicted molar refractivity (Wildman–Crippen MR) is 82.6 cm³/mol. The van der Waals surface area contributed by atoms with Gasteiger partial charge >= 0.3 is 5.63 Å². The number of para-hydroxylation sites is 1. The second-order valence-corrected chi connectivity index (χ2v) is 4.94. The summed E-state index contributed by atoms with van der Waals surface area (Å²) in [4.78, 5) is 28.4. The lowest BCUT2D eigenvalue weighted by Gasteiger charge is -2.12. The predicted octanol–water partition coefficient (Wildman–Crippen LogP) is 2.68. The zero-order valence-electron chi connectivity index (χ0n) is 11.9. The fourth-order valence-electron chi connectivity index (χ4n) is 2.20. The van der Waals surface area contributed by atoms with Crippen LogP contribution in [0.3, 0.4) is 0 Å². The summed E-state index contributed by atoms with van der Waals surface area (Å²) in [5, 5.41) is 3.46. The van der Waals surface area contributed by atoms with E-state index in [4.69, 9.17) is 4.42 Å². The number of pyridine rings is 1. The number of benzene rings is 1. The summed E-state index contributed by atoms with van der Waals surface area (Å²) >= 11 is 0. The van der Waals surface area contributed by atoms with E-state index in [-0.39, 0.29) is 11.6 Å². The molecule has 1 amide bonds. The molecule has 0 spiro atoms. The van der Waals surface area contributed by atoms with Crippen molar-refractivity contribution in [2.45, 2.75) is 13.0 Å². The van der Waals surface area contributed by atoms with Crippen LogP contribution >= 0.6 is 0 Å². The normalized spacial score (nSPS) is 12.0. The number of carbonyl (C=O) groups is 1. The van der Waals surface area contributed by atoms with Crippen LogP contribution in [-0.4, -0.2) is 10.9 Å². The SMILES string of the molecule is C[C@@H](NC(=O)c1cc2ccccc2oc1=O)c1ccccn1. The van der Waals surface area contributed by atoms with Gasteiger partial charge in [0.25, 0.3) is 5.91 Å². The molecule has 3 rings (SSSR count). The number of nitrogens with zero attached hydrogens (tertiary/aromatic N) is 1. The van der Waals surface area contributed by atoms with E-state index in [1.54, 1.807) is 36.5 Å². The fraction of sp³-hybridized carbons (Fsp3) is 0.118. The average molecular weight is 294 g/mol. The molecule has 110 valence electrons. The molecule has 3 aromatic rings. The number of hydrogen-bond acceptors (Lipinski definition) is 4. The van der Waals surface area contributed by atoms with Gasteiger partial charge in [-0.1, -0.05) is 24.3 Å². The minimum absolute atomic E-state index is 0.0125. The molecule has 0 aliphatic carbocycles. The molecule has 0 bridgehead atoms. The van der Waals surface area contributed by atoms with Crippen LogP contribution in [0.15, 0.2) is 63.9 Å². The first-order valence-electron chi connectivity index (χ1n) is 6.90. The Bertz CT molecular complexity index is 872. The Morgan fingerprint density at radius 2 is 1.95 bits per heavy atom. The van der Waals surface area contributed by atoms with Crippen LogP contribution in [0.2, 0.25) is 0 Å². The average Bonchev–Trinajstić information content (AvgIpc) is 2.54. The van der Waals surface area contributed by atoms with Crippen molar-refractivity contribution >= 4 is 16.9 Å². The Morgan fingerprint density at radius 1 is 1.18 bits per heavy atom. The third-order valence-corrected chi connectivity index (χ3v) is 3.37. The molecule has 0 unspecified atom stereocenters. The molecule has 5 heteroatoms. The highest BCUT2D eigenvalue weighted by molar-refractivity contribution is 5.96. The van der Waals surface area contributed by atoms with Crippen molar-refractivity contribution < 1.29 is 9.21 Å². The smallest absolute Gasteiger partial charge is 0.349 e. The first-order valence-corrected chi connectivity index (χ1v) is 6.90. The summed E-state index contributed by atoms with van der Waals surface area (Å²) in [6.07, 6.45) is 1.66. The molecular weight excluding hydrogens is 280 g/mol. The first-order chi connectivity index (χ1) is 10.6. The molecule has 2 aromatic heterocycles. The van der Waals surface area contributed by atoms with Gasteiger partial charge in [-0.2, -0.15) is 0 Å². The number of aromatic nitrogens is 1. The molecule has 0 aliphatic rings. The van der Waals surface area contributed by atoms with E-state index in [1.807, 2.05) is 25.1 Å². The van der Waals surface area contributed by atoms with Gasteiger partial charge in [-0.15, -0.1) is 0 Å². The summed E-state index contributed by atoms with van der Waals surface area (Å²) in [6.45, 7) is 1.81. The Balaban J connectivity index is 1.89. The third-order valence-electron chi connectivity index (χ3n) is 3.37. The molecule has 0 saturated heterocycles. The molecule has 2 heterocycles. The van der Waals surface area contributed by atoms with Gasteiger partial charge in [0.15, 0.2) is 0 Å². The summed E-state index contributed by atoms with van der Waals surface area (Å²) < 4.78 is 5.17. The lowest BCUT2D eigenvalue weighted by molar-refractivity contribution is 0.0935. The van der Waals surface area contributed by atoms with Gasteiger partial charge in [0.2, 0.25) is 0 Å². The lowest BCUT2D eigenvalue weighted by atomic mass is 10.1. The van der Waals surface area contributed by atoms with Crippen molar-refractivity contribution in [3.8, 4) is 0 Å². The van der Waals surface area contributed by atoms with E-state index in [2.05, 4.69) is 10.3 Å². The van der Waals surface area contributed by atoms with Gasteiger partial charge < -0.3 is 9.73 Å². The topological polar surface area (TPSA) is 72.2 Å². The van der Waals surface area contributed by atoms with Gasteiger partial charge in [-0.3, -0.25) is 9.78 Å². The summed E-state index contributed by atoms with van der Waals surface area (Å²) in [5.41, 5.74) is 0.522. The maximum absolute atomic E-state index is 12.3. The maximum atomic E-state index is 12.3. The molecule has 0 radical (unpaired) electrons. The van der Waals surface area contributed by atoms with Crippen molar-refractivity contribution in [1.82, 2.24) is 10.3 Å². The van der Waals surface area contributed by atoms with Gasteiger partial charge in [0, 0.05) is 11.6 Å². The molecule has 1 aromatic carbocycles. The van der Waals surface area contributed by atoms with Gasteiger partial charge in [0.05, 0.1) is 11.7 Å². The highest BCUT2D eigenvalue weighted by Gasteiger charge is 2.17. The Labute approximate surface area is 126 Å². The fourth-order valence-corrected chi connectivity index (χ4v) is 2.20. The van der Waals surface area contributed by atoms with Crippen molar-refractivity contribution in [2.75, 3.05) is 0 Å². The summed E-state index contributed by atoms with van der Waals surface area (Å²) in [5.74, 6) is -0.474. The van der Waals surface area contributed by atoms with Crippen LogP contribution in [0.4, 0.5) is 0 Å². The Kier molecular flexibility index (Phi) is 3.70. The summed E-state index contributed by atoms with van der Waals surface area (Å²) in [7, 11) is 0. The number of nitrogens with one attached hydrogen (secondary N) is 1. The highest BCUT2D eigenvalue weighted by Crippen LogP contribution is 2.14. The monoisotopic (exact) mass is 294 g/mol. The second-order valence-electron chi connectivity index (χ2n) is 4.94. The van der Waals surface area contributed by atoms with E-state index >= 15 is 0 Å². The van der Waals surface area contributed by atoms with Crippen LogP contribution in [0.5, 0.6) is 0 Å². The zero-order valence-corrected chi connectivity index (χ0v) is 11.9. The maximum Gasteiger partial charge on any atom is 0.349 e. The number of hydrogen-bond donors (Lipinski definition) is 1. The quantitative estimate of drug-likeness (QED) is 0.754. The summed E-state index contributed by atoms with van der Waals surface area (Å²) in [6, 6.07) is 13.8. The van der Waals surface area contributed by atoms with Gasteiger partial charge in [-0.05, 0) is 31.2 Å². The molecule has 0 saturated carbocycles. The van der Waals surface area contributed by atoms with Crippen LogP contribution in [0, 0.1) is 0 Å². The number of carbonyl (C=O) groups excluding carboxylic acids is 1. The Hall–Kier alpha value is -2.95. The highest BCUT2D eigenvalue weighted by atomic mass is 16.4. The second kappa shape index (κ2) is 5.81. The van der Waals surface area contributed by atoms with Gasteiger partial charge in [-0.25, -0.2) is 4.79 Å². The first kappa shape index (κ1) is 14.0. The van der Waals surface area contributed by atoms with Crippen LogP contribution in [0.25, 0.3) is 11.0 Å². The van der Waals surface area contributed by atoms with Crippen molar-refractivity contribution in [3.63, 3.8) is 0 Å². The van der Waals surface area contributed by atoms with E-state index < -0.39 is 11.5 Å². The number of rotatable bonds is 3. The van der Waals surface area contributed by atoms with Crippen molar-refractivity contribution in [2.24, 2.45) is 0 Å². The molecule has 0 fully saturated rings. The molecule has 5 nitrogen and oxygen atoms in total. The minimum atomic E-state index is -0.649. The zero-order chi connectivity index (χ0) is 15.5. The largest absolute Gasteiger partial charge is 0.422 e. The number of amides is 1. The molecular formula is C17H14N2O3. The van der Waals surface area contributed by atoms with Crippen molar-refractivity contribution in [1.29, 1.82) is 0 Å². The van der Waals surface area contributed by atoms with Gasteiger partial charge in [0.1, 0.15) is 11.1 Å². The molecule has 0 aliphatic heterocycles. The van der Waals surface area contributed by atoms with Crippen molar-refractivity contribution in [3.05, 3.63) is 76.4 Å². The van der Waals surface area contributed by atoms with E-state index in [0.717, 1.165) is 5.69 Å². The lowest BCUT2D eigenvalue weighted by Crippen LogP contribution is -2.30. The molecule has 1 atom stereocenters. The van der Waals surface area contributed by atoms with E-state index in [0.29, 0.717) is 11.0 Å². The minimum Gasteiger partial charge on any atom is -0.422 e. The Morgan fingerprint density at radius 3 is 2.73 bits per heavy atom. The standard InChI is InChI=1S/C17H14N2O3/c1-11(14-7-4-5-9-18-14)19-16(20)13-10-12-6-2-3-8-15(12)22-17(13)21/h2-11H,1H3,(H,19,20)/t11-/m1/s1. The molecule has 1 N–H and O–H groups in total. The third kappa shape index (κ3) is 2.74.